The molecular weight excluding hydrogens is 245 g/mol. The molecule has 7 heteroatoms. The van der Waals surface area contributed by atoms with E-state index in [1.54, 1.807) is 0 Å². The molecule has 0 N–H and O–H groups in total. The SMILES string of the molecule is COC(=O)c1c(S)cccc1OC(F)(F)F. The molecule has 1 aromatic rings. The molecule has 0 aliphatic heterocycles. The molecule has 0 fully saturated rings. The molecule has 0 amide bonds. The van der Waals surface area contributed by atoms with E-state index in [0.29, 0.717) is 0 Å². The maximum absolute atomic E-state index is 12.0. The highest BCUT2D eigenvalue weighted by Gasteiger charge is 2.33. The molecule has 88 valence electrons. The van der Waals surface area contributed by atoms with Crippen LogP contribution in [0.5, 0.6) is 5.75 Å². The number of rotatable bonds is 2. The summed E-state index contributed by atoms with van der Waals surface area (Å²) < 4.78 is 44.1. The molecule has 3 nitrogen and oxygen atoms in total. The zero-order valence-corrected chi connectivity index (χ0v) is 8.93. The maximum Gasteiger partial charge on any atom is 0.573 e. The Morgan fingerprint density at radius 2 is 2.00 bits per heavy atom. The molecule has 0 atom stereocenters. The number of carbonyl (C=O) groups is 1. The van der Waals surface area contributed by atoms with Gasteiger partial charge in [0.1, 0.15) is 11.3 Å². The number of hydrogen-bond acceptors (Lipinski definition) is 4. The average molecular weight is 252 g/mol. The van der Waals surface area contributed by atoms with Gasteiger partial charge < -0.3 is 9.47 Å². The van der Waals surface area contributed by atoms with Crippen molar-refractivity contribution >= 4 is 18.6 Å². The van der Waals surface area contributed by atoms with Crippen molar-refractivity contribution in [3.8, 4) is 5.75 Å². The van der Waals surface area contributed by atoms with Crippen molar-refractivity contribution in [1.29, 1.82) is 0 Å². The quantitative estimate of drug-likeness (QED) is 0.649. The average Bonchev–Trinajstić information content (AvgIpc) is 2.14. The fourth-order valence-electron chi connectivity index (χ4n) is 1.04. The Hall–Kier alpha value is -1.37. The lowest BCUT2D eigenvalue weighted by atomic mass is 10.2. The van der Waals surface area contributed by atoms with E-state index in [0.717, 1.165) is 13.2 Å². The van der Waals surface area contributed by atoms with E-state index in [-0.39, 0.29) is 10.5 Å². The second kappa shape index (κ2) is 4.65. The Morgan fingerprint density at radius 1 is 1.38 bits per heavy atom. The normalized spacial score (nSPS) is 11.1. The standard InChI is InChI=1S/C9H7F3O3S/c1-14-8(13)7-5(15-9(10,11)12)3-2-4-6(7)16/h2-4,16H,1H3. The molecule has 0 aliphatic carbocycles. The first-order valence-corrected chi connectivity index (χ1v) is 4.46. The molecular formula is C9H7F3O3S. The summed E-state index contributed by atoms with van der Waals surface area (Å²) >= 11 is 3.86. The van der Waals surface area contributed by atoms with Crippen LogP contribution >= 0.6 is 12.6 Å². The van der Waals surface area contributed by atoms with Crippen molar-refractivity contribution in [3.63, 3.8) is 0 Å². The number of esters is 1. The van der Waals surface area contributed by atoms with Gasteiger partial charge in [0.25, 0.3) is 0 Å². The number of halogens is 3. The van der Waals surface area contributed by atoms with Crippen molar-refractivity contribution < 1.29 is 27.4 Å². The van der Waals surface area contributed by atoms with Gasteiger partial charge in [-0.05, 0) is 12.1 Å². The van der Waals surface area contributed by atoms with Crippen molar-refractivity contribution in [1.82, 2.24) is 0 Å². The molecule has 16 heavy (non-hydrogen) atoms. The van der Waals surface area contributed by atoms with E-state index in [4.69, 9.17) is 0 Å². The van der Waals surface area contributed by atoms with Crippen LogP contribution in [-0.4, -0.2) is 19.4 Å². The minimum Gasteiger partial charge on any atom is -0.465 e. The summed E-state index contributed by atoms with van der Waals surface area (Å²) in [6.45, 7) is 0. The summed E-state index contributed by atoms with van der Waals surface area (Å²) in [5, 5.41) is 0. The van der Waals surface area contributed by atoms with Gasteiger partial charge >= 0.3 is 12.3 Å². The Bertz CT molecular complexity index is 403. The minimum absolute atomic E-state index is 0.0496. The fourth-order valence-corrected chi connectivity index (χ4v) is 1.32. The largest absolute Gasteiger partial charge is 0.573 e. The lowest BCUT2D eigenvalue weighted by Gasteiger charge is -2.13. The summed E-state index contributed by atoms with van der Waals surface area (Å²) in [5.74, 6) is -1.57. The van der Waals surface area contributed by atoms with Crippen LogP contribution < -0.4 is 4.74 Å². The van der Waals surface area contributed by atoms with Crippen LogP contribution in [0.1, 0.15) is 10.4 Å². The highest BCUT2D eigenvalue weighted by molar-refractivity contribution is 7.80. The van der Waals surface area contributed by atoms with Gasteiger partial charge in [0.2, 0.25) is 0 Å². The molecule has 0 unspecified atom stereocenters. The molecule has 1 rings (SSSR count). The van der Waals surface area contributed by atoms with Gasteiger partial charge in [-0.1, -0.05) is 6.07 Å². The predicted molar refractivity (Wildman–Crippen MR) is 51.7 cm³/mol. The molecule has 0 bridgehead atoms. The van der Waals surface area contributed by atoms with Gasteiger partial charge in [0, 0.05) is 4.90 Å². The van der Waals surface area contributed by atoms with Crippen LogP contribution in [0.15, 0.2) is 23.1 Å². The molecule has 0 heterocycles. The summed E-state index contributed by atoms with van der Waals surface area (Å²) in [6.07, 6.45) is -4.87. The fraction of sp³-hybridized carbons (Fsp3) is 0.222. The van der Waals surface area contributed by atoms with Gasteiger partial charge in [0.15, 0.2) is 0 Å². The van der Waals surface area contributed by atoms with Crippen LogP contribution in [0.2, 0.25) is 0 Å². The first-order valence-electron chi connectivity index (χ1n) is 4.01. The highest BCUT2D eigenvalue weighted by atomic mass is 32.1. The van der Waals surface area contributed by atoms with E-state index in [9.17, 15) is 18.0 Å². The van der Waals surface area contributed by atoms with E-state index in [2.05, 4.69) is 22.1 Å². The smallest absolute Gasteiger partial charge is 0.465 e. The van der Waals surface area contributed by atoms with Crippen molar-refractivity contribution in [2.45, 2.75) is 11.3 Å². The third-order valence-corrected chi connectivity index (χ3v) is 1.99. The van der Waals surface area contributed by atoms with Gasteiger partial charge in [-0.3, -0.25) is 0 Å². The zero-order valence-electron chi connectivity index (χ0n) is 8.04. The number of carbonyl (C=O) groups excluding carboxylic acids is 1. The van der Waals surface area contributed by atoms with Crippen LogP contribution in [0, 0.1) is 0 Å². The number of hydrogen-bond donors (Lipinski definition) is 1. The molecule has 0 saturated carbocycles. The molecule has 0 aromatic heterocycles. The third kappa shape index (κ3) is 3.06. The topological polar surface area (TPSA) is 35.5 Å². The summed E-state index contributed by atoms with van der Waals surface area (Å²) in [5.41, 5.74) is -0.356. The van der Waals surface area contributed by atoms with Gasteiger partial charge in [-0.25, -0.2) is 4.79 Å². The summed E-state index contributed by atoms with van der Waals surface area (Å²) in [6, 6.07) is 3.66. The van der Waals surface area contributed by atoms with Crippen molar-refractivity contribution in [3.05, 3.63) is 23.8 Å². The molecule has 0 aliphatic rings. The molecule has 1 aromatic carbocycles. The Balaban J connectivity index is 3.18. The number of thiol groups is 1. The van der Waals surface area contributed by atoms with Gasteiger partial charge in [-0.2, -0.15) is 0 Å². The third-order valence-electron chi connectivity index (χ3n) is 1.62. The Kier molecular flexibility index (Phi) is 3.69. The Morgan fingerprint density at radius 3 is 2.50 bits per heavy atom. The van der Waals surface area contributed by atoms with Crippen LogP contribution in [0.3, 0.4) is 0 Å². The van der Waals surface area contributed by atoms with Crippen LogP contribution in [0.4, 0.5) is 13.2 Å². The molecule has 0 spiro atoms. The molecule has 0 radical (unpaired) electrons. The van der Waals surface area contributed by atoms with Crippen LogP contribution in [0.25, 0.3) is 0 Å². The first-order chi connectivity index (χ1) is 7.35. The second-order valence-corrected chi connectivity index (χ2v) is 3.17. The van der Waals surface area contributed by atoms with Crippen molar-refractivity contribution in [2.75, 3.05) is 7.11 Å². The monoisotopic (exact) mass is 252 g/mol. The summed E-state index contributed by atoms with van der Waals surface area (Å²) in [7, 11) is 1.06. The zero-order chi connectivity index (χ0) is 12.3. The van der Waals surface area contributed by atoms with Crippen molar-refractivity contribution in [2.24, 2.45) is 0 Å². The van der Waals surface area contributed by atoms with Gasteiger partial charge in [0.05, 0.1) is 7.11 Å². The van der Waals surface area contributed by atoms with Gasteiger partial charge in [-0.15, -0.1) is 25.8 Å². The number of alkyl halides is 3. The predicted octanol–water partition coefficient (Wildman–Crippen LogP) is 2.66. The highest BCUT2D eigenvalue weighted by Crippen LogP contribution is 2.30. The van der Waals surface area contributed by atoms with E-state index in [1.807, 2.05) is 0 Å². The van der Waals surface area contributed by atoms with Crippen LogP contribution in [-0.2, 0) is 4.74 Å². The number of benzene rings is 1. The lowest BCUT2D eigenvalue weighted by Crippen LogP contribution is -2.19. The first kappa shape index (κ1) is 12.7. The second-order valence-electron chi connectivity index (χ2n) is 2.69. The van der Waals surface area contributed by atoms with E-state index in [1.165, 1.54) is 12.1 Å². The van der Waals surface area contributed by atoms with E-state index < -0.39 is 18.1 Å². The Labute approximate surface area is 94.6 Å². The maximum atomic E-state index is 12.0. The number of methoxy groups -OCH3 is 1. The van der Waals surface area contributed by atoms with E-state index >= 15 is 0 Å². The minimum atomic E-state index is -4.87. The molecule has 0 saturated heterocycles. The summed E-state index contributed by atoms with van der Waals surface area (Å²) in [4.78, 5) is 11.3. The number of ether oxygens (including phenoxy) is 2. The lowest BCUT2D eigenvalue weighted by molar-refractivity contribution is -0.274.